The summed E-state index contributed by atoms with van der Waals surface area (Å²) in [7, 11) is 1.86. The van der Waals surface area contributed by atoms with E-state index in [0.717, 1.165) is 5.56 Å². The molecule has 1 saturated heterocycles. The van der Waals surface area contributed by atoms with E-state index in [-0.39, 0.29) is 10.6 Å². The number of hydrogen-bond acceptors (Lipinski definition) is 5. The van der Waals surface area contributed by atoms with Crippen LogP contribution in [0.4, 0.5) is 11.4 Å². The lowest BCUT2D eigenvalue weighted by Gasteiger charge is -2.41. The highest BCUT2D eigenvalue weighted by Gasteiger charge is 2.37. The van der Waals surface area contributed by atoms with Crippen LogP contribution in [-0.2, 0) is 17.4 Å². The van der Waals surface area contributed by atoms with E-state index < -0.39 is 5.60 Å². The summed E-state index contributed by atoms with van der Waals surface area (Å²) in [6, 6.07) is 5.43. The van der Waals surface area contributed by atoms with Crippen LogP contribution in [0.1, 0.15) is 18.1 Å². The first-order valence-corrected chi connectivity index (χ1v) is 7.53. The summed E-state index contributed by atoms with van der Waals surface area (Å²) in [5.41, 5.74) is 1.92. The summed E-state index contributed by atoms with van der Waals surface area (Å²) in [4.78, 5) is 13.2. The summed E-state index contributed by atoms with van der Waals surface area (Å²) in [5.74, 6) is 0. The third kappa shape index (κ3) is 2.79. The zero-order valence-corrected chi connectivity index (χ0v) is 13.5. The number of morpholine rings is 1. The van der Waals surface area contributed by atoms with Crippen LogP contribution in [0.25, 0.3) is 0 Å². The molecule has 7 heteroatoms. The highest BCUT2D eigenvalue weighted by atomic mass is 16.6. The number of nitro benzene ring substituents is 1. The van der Waals surface area contributed by atoms with Gasteiger partial charge in [-0.1, -0.05) is 12.1 Å². The summed E-state index contributed by atoms with van der Waals surface area (Å²) in [6.45, 7) is 5.44. The molecule has 1 aromatic carbocycles. The van der Waals surface area contributed by atoms with Crippen molar-refractivity contribution >= 4 is 11.4 Å². The van der Waals surface area contributed by atoms with Gasteiger partial charge in [-0.3, -0.25) is 14.8 Å². The van der Waals surface area contributed by atoms with Gasteiger partial charge in [-0.2, -0.15) is 5.10 Å². The minimum absolute atomic E-state index is 0.169. The normalized spacial score (nSPS) is 21.4. The van der Waals surface area contributed by atoms with Gasteiger partial charge in [0.05, 0.1) is 24.3 Å². The Morgan fingerprint density at radius 2 is 2.22 bits per heavy atom. The van der Waals surface area contributed by atoms with Gasteiger partial charge in [-0.05, 0) is 19.9 Å². The maximum atomic E-state index is 11.5. The quantitative estimate of drug-likeness (QED) is 0.642. The second kappa shape index (κ2) is 5.66. The Morgan fingerprint density at radius 3 is 2.87 bits per heavy atom. The van der Waals surface area contributed by atoms with Crippen molar-refractivity contribution in [2.24, 2.45) is 7.05 Å². The standard InChI is InChI=1S/C16H20N4O3/c1-12-5-4-6-14(15(12)20(21)22)19-7-8-23-16(2,11-19)13-9-17-18(3)10-13/h4-6,9-10H,7-8,11H2,1-3H3/t16-/m1/s1. The minimum Gasteiger partial charge on any atom is -0.367 e. The molecule has 0 radical (unpaired) electrons. The van der Waals surface area contributed by atoms with Gasteiger partial charge in [0.2, 0.25) is 0 Å². The third-order valence-electron chi connectivity index (χ3n) is 4.33. The Hall–Kier alpha value is -2.41. The molecule has 0 bridgehead atoms. The van der Waals surface area contributed by atoms with Crippen LogP contribution >= 0.6 is 0 Å². The largest absolute Gasteiger partial charge is 0.367 e. The Balaban J connectivity index is 1.96. The predicted octanol–water partition coefficient (Wildman–Crippen LogP) is 2.39. The van der Waals surface area contributed by atoms with E-state index in [1.165, 1.54) is 0 Å². The van der Waals surface area contributed by atoms with Gasteiger partial charge < -0.3 is 9.64 Å². The molecule has 1 atom stereocenters. The van der Waals surface area contributed by atoms with Crippen molar-refractivity contribution in [1.29, 1.82) is 0 Å². The van der Waals surface area contributed by atoms with E-state index in [4.69, 9.17) is 4.74 Å². The van der Waals surface area contributed by atoms with Crippen LogP contribution < -0.4 is 4.90 Å². The molecule has 1 fully saturated rings. The highest BCUT2D eigenvalue weighted by molar-refractivity contribution is 5.67. The smallest absolute Gasteiger partial charge is 0.295 e. The molecule has 2 aromatic rings. The molecule has 7 nitrogen and oxygen atoms in total. The first-order valence-electron chi connectivity index (χ1n) is 7.53. The zero-order chi connectivity index (χ0) is 16.6. The van der Waals surface area contributed by atoms with Crippen molar-refractivity contribution in [2.45, 2.75) is 19.4 Å². The Morgan fingerprint density at radius 1 is 1.43 bits per heavy atom. The molecular weight excluding hydrogens is 296 g/mol. The van der Waals surface area contributed by atoms with E-state index in [1.54, 1.807) is 29.9 Å². The molecule has 1 aromatic heterocycles. The number of anilines is 1. The van der Waals surface area contributed by atoms with Crippen LogP contribution in [-0.4, -0.2) is 34.4 Å². The molecule has 1 aliphatic rings. The average molecular weight is 316 g/mol. The van der Waals surface area contributed by atoms with Crippen molar-refractivity contribution in [2.75, 3.05) is 24.6 Å². The first kappa shape index (κ1) is 15.5. The molecule has 1 aliphatic heterocycles. The maximum Gasteiger partial charge on any atom is 0.295 e. The second-order valence-corrected chi connectivity index (χ2v) is 6.10. The van der Waals surface area contributed by atoms with Crippen LogP contribution in [0.5, 0.6) is 0 Å². The van der Waals surface area contributed by atoms with Crippen LogP contribution in [0, 0.1) is 17.0 Å². The monoisotopic (exact) mass is 316 g/mol. The molecule has 0 amide bonds. The summed E-state index contributed by atoms with van der Waals surface area (Å²) < 4.78 is 7.72. The van der Waals surface area contributed by atoms with Gasteiger partial charge in [0.1, 0.15) is 11.3 Å². The topological polar surface area (TPSA) is 73.4 Å². The van der Waals surface area contributed by atoms with Gasteiger partial charge in [-0.15, -0.1) is 0 Å². The van der Waals surface area contributed by atoms with Gasteiger partial charge in [0.25, 0.3) is 5.69 Å². The lowest BCUT2D eigenvalue weighted by Crippen LogP contribution is -2.48. The fourth-order valence-electron chi connectivity index (χ4n) is 3.08. The molecule has 3 rings (SSSR count). The number of ether oxygens (including phenoxy) is 1. The van der Waals surface area contributed by atoms with Crippen LogP contribution in [0.15, 0.2) is 30.6 Å². The molecule has 0 saturated carbocycles. The minimum atomic E-state index is -0.538. The number of para-hydroxylation sites is 1. The number of benzene rings is 1. The Bertz CT molecular complexity index is 743. The molecule has 2 heterocycles. The maximum absolute atomic E-state index is 11.5. The van der Waals surface area contributed by atoms with Crippen molar-refractivity contribution in [3.63, 3.8) is 0 Å². The first-order chi connectivity index (χ1) is 10.9. The van der Waals surface area contributed by atoms with E-state index in [9.17, 15) is 10.1 Å². The van der Waals surface area contributed by atoms with Crippen LogP contribution in [0.3, 0.4) is 0 Å². The molecule has 122 valence electrons. The van der Waals surface area contributed by atoms with Crippen molar-refractivity contribution in [3.05, 3.63) is 51.8 Å². The van der Waals surface area contributed by atoms with E-state index in [1.807, 2.05) is 31.1 Å². The van der Waals surface area contributed by atoms with Crippen LogP contribution in [0.2, 0.25) is 0 Å². The van der Waals surface area contributed by atoms with E-state index in [0.29, 0.717) is 30.9 Å². The van der Waals surface area contributed by atoms with Crippen molar-refractivity contribution in [3.8, 4) is 0 Å². The molecule has 0 aliphatic carbocycles. The van der Waals surface area contributed by atoms with E-state index in [2.05, 4.69) is 5.10 Å². The lowest BCUT2D eigenvalue weighted by molar-refractivity contribution is -0.384. The molecular formula is C16H20N4O3. The molecule has 23 heavy (non-hydrogen) atoms. The number of hydrogen-bond donors (Lipinski definition) is 0. The Kier molecular flexibility index (Phi) is 3.81. The van der Waals surface area contributed by atoms with Crippen molar-refractivity contribution in [1.82, 2.24) is 9.78 Å². The van der Waals surface area contributed by atoms with E-state index >= 15 is 0 Å². The summed E-state index contributed by atoms with van der Waals surface area (Å²) in [6.07, 6.45) is 3.71. The van der Waals surface area contributed by atoms with Gasteiger partial charge in [0.15, 0.2) is 0 Å². The summed E-state index contributed by atoms with van der Waals surface area (Å²) in [5, 5.41) is 15.7. The zero-order valence-electron chi connectivity index (χ0n) is 13.5. The molecule has 0 spiro atoms. The van der Waals surface area contributed by atoms with Crippen molar-refractivity contribution < 1.29 is 9.66 Å². The number of aryl methyl sites for hydroxylation is 2. The van der Waals surface area contributed by atoms with Gasteiger partial charge in [-0.25, -0.2) is 0 Å². The van der Waals surface area contributed by atoms with Gasteiger partial charge in [0, 0.05) is 30.9 Å². The fourth-order valence-corrected chi connectivity index (χ4v) is 3.08. The lowest BCUT2D eigenvalue weighted by atomic mass is 9.96. The number of aromatic nitrogens is 2. The highest BCUT2D eigenvalue weighted by Crippen LogP contribution is 2.36. The third-order valence-corrected chi connectivity index (χ3v) is 4.33. The second-order valence-electron chi connectivity index (χ2n) is 6.10. The summed E-state index contributed by atoms with van der Waals surface area (Å²) >= 11 is 0. The van der Waals surface area contributed by atoms with Gasteiger partial charge >= 0.3 is 0 Å². The molecule has 0 unspecified atom stereocenters. The fraction of sp³-hybridized carbons (Fsp3) is 0.438. The number of rotatable bonds is 3. The number of nitro groups is 1. The number of nitrogens with zero attached hydrogens (tertiary/aromatic N) is 4. The predicted molar refractivity (Wildman–Crippen MR) is 86.6 cm³/mol. The molecule has 0 N–H and O–H groups in total. The Labute approximate surface area is 134 Å². The SMILES string of the molecule is Cc1cccc(N2CCO[C@@](C)(c3cnn(C)c3)C2)c1[N+](=O)[O-]. The average Bonchev–Trinajstić information content (AvgIpc) is 2.94.